The monoisotopic (exact) mass is 469 g/mol. The average Bonchev–Trinajstić information content (AvgIpc) is 2.68. The van der Waals surface area contributed by atoms with Crippen molar-refractivity contribution in [1.82, 2.24) is 0 Å². The molecule has 0 amide bonds. The van der Waals surface area contributed by atoms with Gasteiger partial charge in [0, 0.05) is 0 Å². The summed E-state index contributed by atoms with van der Waals surface area (Å²) < 4.78 is 39.0. The summed E-state index contributed by atoms with van der Waals surface area (Å²) in [4.78, 5) is 0.117. The number of halogens is 1. The quantitative estimate of drug-likeness (QED) is 0.501. The Balaban J connectivity index is 2.16. The second-order valence-corrected chi connectivity index (χ2v) is 13.7. The third-order valence-electron chi connectivity index (χ3n) is 3.46. The first-order valence-electron chi connectivity index (χ1n) is 7.53. The molecule has 0 N–H and O–H groups in total. The van der Waals surface area contributed by atoms with Gasteiger partial charge in [-0.2, -0.15) is 0 Å². The number of rotatable bonds is 6. The van der Waals surface area contributed by atoms with Gasteiger partial charge in [0.1, 0.15) is 0 Å². The fraction of sp³-hybridized carbons (Fsp3) is 0.0526. The summed E-state index contributed by atoms with van der Waals surface area (Å²) in [5, 5.41) is 0. The van der Waals surface area contributed by atoms with Gasteiger partial charge in [0.15, 0.2) is 0 Å². The first-order valence-corrected chi connectivity index (χ1v) is 12.9. The van der Waals surface area contributed by atoms with Gasteiger partial charge in [0.2, 0.25) is 0 Å². The van der Waals surface area contributed by atoms with Gasteiger partial charge in [-0.1, -0.05) is 0 Å². The van der Waals surface area contributed by atoms with Crippen LogP contribution in [0.1, 0.15) is 0 Å². The summed E-state index contributed by atoms with van der Waals surface area (Å²) in [6, 6.07) is 26.7. The predicted molar refractivity (Wildman–Crippen MR) is 92.0 cm³/mol. The van der Waals surface area contributed by atoms with Crippen molar-refractivity contribution in [1.29, 1.82) is 0 Å². The zero-order chi connectivity index (χ0) is 17.8. The Labute approximate surface area is 153 Å². The van der Waals surface area contributed by atoms with Crippen molar-refractivity contribution in [3.63, 3.8) is 0 Å². The summed E-state index contributed by atoms with van der Waals surface area (Å²) in [7, 11) is -2.46. The molecule has 0 aliphatic carbocycles. The van der Waals surface area contributed by atoms with Crippen molar-refractivity contribution < 1.29 is 33.3 Å². The van der Waals surface area contributed by atoms with Gasteiger partial charge in [-0.15, -0.1) is 0 Å². The maximum atomic E-state index is 12.9. The fourth-order valence-corrected chi connectivity index (χ4v) is 12.1. The van der Waals surface area contributed by atoms with E-state index in [2.05, 4.69) is 0 Å². The summed E-state index contributed by atoms with van der Waals surface area (Å²) >= 11 is -3.98. The summed E-state index contributed by atoms with van der Waals surface area (Å²) in [6.45, 7) is 0. The third-order valence-corrected chi connectivity index (χ3v) is 13.6. The van der Waals surface area contributed by atoms with E-state index in [9.17, 15) is 8.42 Å². The van der Waals surface area contributed by atoms with Crippen molar-refractivity contribution in [3.05, 3.63) is 98.1 Å². The van der Waals surface area contributed by atoms with Crippen LogP contribution in [0.3, 0.4) is 0 Å². The standard InChI is InChI=1S/C19H18IO4S/c1-23-20(17-11-5-2-6-12-17,18-13-7-3-8-14-18)24-25(21,22)19-15-9-4-10-16-19/h2-16H,1H3/q+1. The molecular weight excluding hydrogens is 451 g/mol. The Morgan fingerprint density at radius 3 is 1.48 bits per heavy atom. The zero-order valence-electron chi connectivity index (χ0n) is 13.6. The van der Waals surface area contributed by atoms with Crippen LogP contribution in [0.4, 0.5) is 0 Å². The van der Waals surface area contributed by atoms with Crippen LogP contribution < -0.4 is 19.3 Å². The maximum absolute atomic E-state index is 12.9. The van der Waals surface area contributed by atoms with E-state index in [0.717, 1.165) is 7.14 Å². The predicted octanol–water partition coefficient (Wildman–Crippen LogP) is 0.768. The van der Waals surface area contributed by atoms with E-state index in [4.69, 9.17) is 5.58 Å². The van der Waals surface area contributed by atoms with E-state index < -0.39 is 29.4 Å². The molecule has 0 saturated heterocycles. The van der Waals surface area contributed by atoms with E-state index in [-0.39, 0.29) is 4.90 Å². The summed E-state index contributed by atoms with van der Waals surface area (Å²) in [6.07, 6.45) is 0. The number of benzene rings is 3. The van der Waals surface area contributed by atoms with Crippen molar-refractivity contribution >= 4 is 10.1 Å². The molecule has 3 rings (SSSR count). The molecule has 0 heterocycles. The average molecular weight is 469 g/mol. The first-order chi connectivity index (χ1) is 12.1. The molecule has 3 aromatic carbocycles. The van der Waals surface area contributed by atoms with E-state index in [0.29, 0.717) is 0 Å². The van der Waals surface area contributed by atoms with Gasteiger partial charge >= 0.3 is 154 Å². The van der Waals surface area contributed by atoms with E-state index in [1.165, 1.54) is 19.2 Å². The van der Waals surface area contributed by atoms with E-state index in [1.54, 1.807) is 18.2 Å². The minimum absolute atomic E-state index is 0.117. The van der Waals surface area contributed by atoms with Crippen LogP contribution >= 0.6 is 0 Å². The van der Waals surface area contributed by atoms with Gasteiger partial charge in [-0.25, -0.2) is 0 Å². The molecular formula is C19H18IO4S+. The SMILES string of the molecule is CO[I+](OS(=O)(=O)c1ccccc1)(c1ccccc1)c1ccccc1. The molecule has 130 valence electrons. The van der Waals surface area contributed by atoms with Gasteiger partial charge in [-0.05, 0) is 0 Å². The van der Waals surface area contributed by atoms with E-state index in [1.807, 2.05) is 60.7 Å². The number of hydrogen-bond acceptors (Lipinski definition) is 4. The van der Waals surface area contributed by atoms with E-state index >= 15 is 0 Å². The fourth-order valence-electron chi connectivity index (χ4n) is 2.30. The van der Waals surface area contributed by atoms with Gasteiger partial charge < -0.3 is 0 Å². The molecule has 3 aromatic rings. The Bertz CT molecular complexity index is 874. The molecule has 0 saturated carbocycles. The zero-order valence-corrected chi connectivity index (χ0v) is 16.6. The normalized spacial score (nSPS) is 12.7. The second kappa shape index (κ2) is 7.65. The molecule has 0 unspecified atom stereocenters. The van der Waals surface area contributed by atoms with Gasteiger partial charge in [0.05, 0.1) is 0 Å². The third kappa shape index (κ3) is 3.77. The molecule has 6 heteroatoms. The Kier molecular flexibility index (Phi) is 5.53. The minimum atomic E-state index is -3.98. The van der Waals surface area contributed by atoms with Crippen molar-refractivity contribution in [2.75, 3.05) is 7.11 Å². The Morgan fingerprint density at radius 1 is 0.680 bits per heavy atom. The molecule has 0 atom stereocenters. The van der Waals surface area contributed by atoms with Gasteiger partial charge in [0.25, 0.3) is 0 Å². The Hall–Kier alpha value is -1.74. The molecule has 0 aliphatic heterocycles. The second-order valence-electron chi connectivity index (χ2n) is 5.04. The molecule has 0 spiro atoms. The molecule has 0 aliphatic rings. The molecule has 0 aromatic heterocycles. The van der Waals surface area contributed by atoms with Crippen LogP contribution in [-0.2, 0) is 15.7 Å². The van der Waals surface area contributed by atoms with Crippen LogP contribution in [0, 0.1) is 7.14 Å². The van der Waals surface area contributed by atoms with Crippen LogP contribution in [-0.4, -0.2) is 15.5 Å². The van der Waals surface area contributed by atoms with Crippen molar-refractivity contribution in [2.24, 2.45) is 0 Å². The molecule has 0 fully saturated rings. The molecule has 4 nitrogen and oxygen atoms in total. The first kappa shape index (κ1) is 18.1. The molecule has 0 bridgehead atoms. The number of hydrogen-bond donors (Lipinski definition) is 0. The molecule has 0 radical (unpaired) electrons. The van der Waals surface area contributed by atoms with Crippen molar-refractivity contribution in [3.8, 4) is 0 Å². The van der Waals surface area contributed by atoms with Crippen molar-refractivity contribution in [2.45, 2.75) is 4.90 Å². The van der Waals surface area contributed by atoms with Crippen LogP contribution in [0.25, 0.3) is 0 Å². The summed E-state index contributed by atoms with van der Waals surface area (Å²) in [5.74, 6) is 0. The molecule has 25 heavy (non-hydrogen) atoms. The van der Waals surface area contributed by atoms with Crippen LogP contribution in [0.5, 0.6) is 0 Å². The van der Waals surface area contributed by atoms with Crippen LogP contribution in [0.15, 0.2) is 95.9 Å². The van der Waals surface area contributed by atoms with Gasteiger partial charge in [-0.3, -0.25) is 0 Å². The Morgan fingerprint density at radius 2 is 1.08 bits per heavy atom. The summed E-state index contributed by atoms with van der Waals surface area (Å²) in [5.41, 5.74) is 0. The topological polar surface area (TPSA) is 52.6 Å². The van der Waals surface area contributed by atoms with Crippen LogP contribution in [0.2, 0.25) is 0 Å².